The van der Waals surface area contributed by atoms with Crippen molar-refractivity contribution in [2.75, 3.05) is 13.7 Å². The van der Waals surface area contributed by atoms with E-state index in [2.05, 4.69) is 23.2 Å². The van der Waals surface area contributed by atoms with Crippen molar-refractivity contribution in [1.82, 2.24) is 10.2 Å². The average molecular weight is 453 g/mol. The molecule has 1 aromatic carbocycles. The average Bonchev–Trinajstić information content (AvgIpc) is 3.58. The van der Waals surface area contributed by atoms with Gasteiger partial charge in [0, 0.05) is 17.5 Å². The van der Waals surface area contributed by atoms with Crippen molar-refractivity contribution in [2.24, 2.45) is 17.8 Å². The molecule has 4 rings (SSSR count). The molecule has 2 aliphatic rings. The second kappa shape index (κ2) is 9.70. The van der Waals surface area contributed by atoms with Gasteiger partial charge in [-0.2, -0.15) is 5.10 Å². The number of hydrogen-bond donors (Lipinski definition) is 0. The first-order valence-electron chi connectivity index (χ1n) is 12.1. The molecule has 0 saturated heterocycles. The smallest absolute Gasteiger partial charge is 0.310 e. The first-order valence-corrected chi connectivity index (χ1v) is 12.1. The fraction of sp³-hybridized carbons (Fsp3) is 0.593. The number of methoxy groups -OCH3 is 1. The molecule has 33 heavy (non-hydrogen) atoms. The van der Waals surface area contributed by atoms with Gasteiger partial charge in [0.1, 0.15) is 11.4 Å². The van der Waals surface area contributed by atoms with E-state index in [1.807, 2.05) is 39.0 Å². The highest BCUT2D eigenvalue weighted by Crippen LogP contribution is 2.52. The zero-order chi connectivity index (χ0) is 23.6. The second-order valence-corrected chi connectivity index (χ2v) is 10.7. The van der Waals surface area contributed by atoms with Gasteiger partial charge >= 0.3 is 5.97 Å². The number of benzene rings is 1. The van der Waals surface area contributed by atoms with Gasteiger partial charge in [-0.1, -0.05) is 25.8 Å². The molecule has 2 atom stereocenters. The van der Waals surface area contributed by atoms with Crippen LogP contribution in [-0.2, 0) is 9.53 Å². The predicted molar refractivity (Wildman–Crippen MR) is 127 cm³/mol. The van der Waals surface area contributed by atoms with Gasteiger partial charge in [-0.3, -0.25) is 4.79 Å². The van der Waals surface area contributed by atoms with Crippen LogP contribution in [-0.4, -0.2) is 35.5 Å². The third kappa shape index (κ3) is 6.04. The van der Waals surface area contributed by atoms with E-state index in [4.69, 9.17) is 14.2 Å². The van der Waals surface area contributed by atoms with Crippen molar-refractivity contribution in [3.05, 3.63) is 36.0 Å². The Bertz CT molecular complexity index is 976. The monoisotopic (exact) mass is 452 g/mol. The summed E-state index contributed by atoms with van der Waals surface area (Å²) >= 11 is 0. The molecule has 178 valence electrons. The van der Waals surface area contributed by atoms with Gasteiger partial charge in [0.2, 0.25) is 5.88 Å². The second-order valence-electron chi connectivity index (χ2n) is 10.7. The summed E-state index contributed by atoms with van der Waals surface area (Å²) in [6.07, 6.45) is 7.52. The zero-order valence-corrected chi connectivity index (χ0v) is 20.5. The Morgan fingerprint density at radius 2 is 1.85 bits per heavy atom. The van der Waals surface area contributed by atoms with Crippen LogP contribution < -0.4 is 9.47 Å². The van der Waals surface area contributed by atoms with Gasteiger partial charge in [-0.25, -0.2) is 0 Å². The van der Waals surface area contributed by atoms with Crippen molar-refractivity contribution in [1.29, 1.82) is 0 Å². The van der Waals surface area contributed by atoms with E-state index < -0.39 is 5.60 Å². The number of rotatable bonds is 7. The minimum Gasteiger partial charge on any atom is -0.496 e. The van der Waals surface area contributed by atoms with Crippen LogP contribution in [0, 0.1) is 17.8 Å². The maximum absolute atomic E-state index is 12.5. The topological polar surface area (TPSA) is 70.5 Å². The molecule has 0 amide bonds. The van der Waals surface area contributed by atoms with E-state index in [1.165, 1.54) is 25.7 Å². The number of aromatic nitrogens is 2. The molecular weight excluding hydrogens is 416 g/mol. The Balaban J connectivity index is 1.46. The Hall–Kier alpha value is -2.63. The molecule has 0 spiro atoms. The lowest BCUT2D eigenvalue weighted by molar-refractivity contribution is -0.156. The minimum absolute atomic E-state index is 0.106. The molecule has 0 bridgehead atoms. The van der Waals surface area contributed by atoms with E-state index in [0.717, 1.165) is 34.8 Å². The molecule has 2 aliphatic carbocycles. The Kier molecular flexibility index (Phi) is 6.91. The molecule has 2 aromatic rings. The van der Waals surface area contributed by atoms with Crippen molar-refractivity contribution in [2.45, 2.75) is 71.3 Å². The van der Waals surface area contributed by atoms with Crippen LogP contribution >= 0.6 is 0 Å². The fourth-order valence-electron chi connectivity index (χ4n) is 4.65. The van der Waals surface area contributed by atoms with E-state index >= 15 is 0 Å². The van der Waals surface area contributed by atoms with Crippen molar-refractivity contribution >= 4 is 5.97 Å². The summed E-state index contributed by atoms with van der Waals surface area (Å²) in [5.41, 5.74) is 2.49. The lowest BCUT2D eigenvalue weighted by atomic mass is 9.83. The number of nitrogens with zero attached hydrogens (tertiary/aromatic N) is 2. The van der Waals surface area contributed by atoms with Gasteiger partial charge in [0.25, 0.3) is 0 Å². The first kappa shape index (κ1) is 23.5. The summed E-state index contributed by atoms with van der Waals surface area (Å²) in [4.78, 5) is 12.5. The van der Waals surface area contributed by atoms with Crippen LogP contribution in [0.25, 0.3) is 11.1 Å². The van der Waals surface area contributed by atoms with Gasteiger partial charge < -0.3 is 14.2 Å². The van der Waals surface area contributed by atoms with Gasteiger partial charge in [0.15, 0.2) is 0 Å². The molecule has 1 heterocycles. The molecular formula is C27H36N2O4. The van der Waals surface area contributed by atoms with E-state index in [0.29, 0.717) is 18.4 Å². The minimum atomic E-state index is -0.481. The summed E-state index contributed by atoms with van der Waals surface area (Å²) in [5.74, 6) is 2.61. The number of ether oxygens (including phenoxy) is 3. The summed E-state index contributed by atoms with van der Waals surface area (Å²) in [7, 11) is 1.66. The maximum atomic E-state index is 12.5. The molecule has 6 heteroatoms. The summed E-state index contributed by atoms with van der Waals surface area (Å²) in [5, 5.41) is 8.35. The highest BCUT2D eigenvalue weighted by molar-refractivity contribution is 5.78. The van der Waals surface area contributed by atoms with Crippen LogP contribution in [0.4, 0.5) is 0 Å². The van der Waals surface area contributed by atoms with Gasteiger partial charge in [0.05, 0.1) is 25.8 Å². The SMILES string of the molecule is COc1ccc(-c2cnnc(OC[C@H]3CC[C@H](C)CC3)c2)cc1C1CC1C(=O)OC(C)(C)C. The van der Waals surface area contributed by atoms with Crippen LogP contribution in [0.5, 0.6) is 11.6 Å². The quantitative estimate of drug-likeness (QED) is 0.494. The maximum Gasteiger partial charge on any atom is 0.310 e. The van der Waals surface area contributed by atoms with Gasteiger partial charge in [-0.05, 0) is 75.1 Å². The molecule has 1 aromatic heterocycles. The van der Waals surface area contributed by atoms with E-state index in [9.17, 15) is 4.79 Å². The fourth-order valence-corrected chi connectivity index (χ4v) is 4.65. The number of carbonyl (C=O) groups is 1. The highest BCUT2D eigenvalue weighted by atomic mass is 16.6. The highest BCUT2D eigenvalue weighted by Gasteiger charge is 2.47. The normalized spacial score (nSPS) is 24.8. The third-order valence-corrected chi connectivity index (χ3v) is 6.70. The Morgan fingerprint density at radius 3 is 2.55 bits per heavy atom. The first-order chi connectivity index (χ1) is 15.7. The number of carbonyl (C=O) groups excluding carboxylic acids is 1. The standard InChI is InChI=1S/C27H36N2O4/c1-17-6-8-18(9-7-17)16-32-25-13-20(15-28-29-25)19-10-11-24(31-5)22(12-19)21-14-23(21)26(30)33-27(2,3)4/h10-13,15,17-18,21,23H,6-9,14,16H2,1-5H3/t17-,18-,21?,23?. The third-order valence-electron chi connectivity index (χ3n) is 6.70. The van der Waals surface area contributed by atoms with Crippen molar-refractivity contribution in [3.8, 4) is 22.8 Å². The van der Waals surface area contributed by atoms with E-state index in [-0.39, 0.29) is 17.8 Å². The van der Waals surface area contributed by atoms with Crippen LogP contribution in [0.1, 0.15) is 71.3 Å². The van der Waals surface area contributed by atoms with Crippen molar-refractivity contribution < 1.29 is 19.0 Å². The Labute approximate surface area is 197 Å². The lowest BCUT2D eigenvalue weighted by Crippen LogP contribution is -2.25. The lowest BCUT2D eigenvalue weighted by Gasteiger charge is -2.25. The van der Waals surface area contributed by atoms with Gasteiger partial charge in [-0.15, -0.1) is 5.10 Å². The molecule has 2 saturated carbocycles. The van der Waals surface area contributed by atoms with Crippen molar-refractivity contribution in [3.63, 3.8) is 0 Å². The summed E-state index contributed by atoms with van der Waals surface area (Å²) in [6.45, 7) is 8.71. The largest absolute Gasteiger partial charge is 0.496 e. The summed E-state index contributed by atoms with van der Waals surface area (Å²) < 4.78 is 17.2. The van der Waals surface area contributed by atoms with E-state index in [1.54, 1.807) is 13.3 Å². The molecule has 2 fully saturated rings. The van der Waals surface area contributed by atoms with Crippen LogP contribution in [0.15, 0.2) is 30.5 Å². The molecule has 0 radical (unpaired) electrons. The zero-order valence-electron chi connectivity index (χ0n) is 20.5. The summed E-state index contributed by atoms with van der Waals surface area (Å²) in [6, 6.07) is 8.01. The predicted octanol–water partition coefficient (Wildman–Crippen LogP) is 5.80. The number of hydrogen-bond acceptors (Lipinski definition) is 6. The number of esters is 1. The van der Waals surface area contributed by atoms with Crippen LogP contribution in [0.3, 0.4) is 0 Å². The Morgan fingerprint density at radius 1 is 1.09 bits per heavy atom. The molecule has 6 nitrogen and oxygen atoms in total. The molecule has 0 N–H and O–H groups in total. The molecule has 0 aliphatic heterocycles. The molecule has 2 unspecified atom stereocenters. The van der Waals surface area contributed by atoms with Crippen LogP contribution in [0.2, 0.25) is 0 Å².